The molecule has 1 saturated heterocycles. The fraction of sp³-hybridized carbons (Fsp3) is 0.455. The van der Waals surface area contributed by atoms with Gasteiger partial charge in [0.15, 0.2) is 5.65 Å². The highest BCUT2D eigenvalue weighted by Crippen LogP contribution is 2.15. The Morgan fingerprint density at radius 2 is 2.35 bits per heavy atom. The van der Waals surface area contributed by atoms with E-state index in [9.17, 15) is 0 Å². The molecular formula is C11H14ClN5. The highest BCUT2D eigenvalue weighted by molar-refractivity contribution is 6.30. The topological polar surface area (TPSA) is 45.5 Å². The number of hydrogen-bond donors (Lipinski definition) is 1. The molecule has 0 aliphatic carbocycles. The summed E-state index contributed by atoms with van der Waals surface area (Å²) in [4.78, 5) is 6.70. The molecule has 6 heteroatoms. The Morgan fingerprint density at radius 3 is 3.18 bits per heavy atom. The van der Waals surface area contributed by atoms with Crippen molar-refractivity contribution in [3.63, 3.8) is 0 Å². The van der Waals surface area contributed by atoms with Gasteiger partial charge >= 0.3 is 0 Å². The number of piperazine rings is 1. The van der Waals surface area contributed by atoms with Crippen molar-refractivity contribution in [2.45, 2.75) is 13.0 Å². The van der Waals surface area contributed by atoms with Gasteiger partial charge in [0.1, 0.15) is 0 Å². The van der Waals surface area contributed by atoms with Crippen LogP contribution in [0.25, 0.3) is 5.65 Å². The van der Waals surface area contributed by atoms with Gasteiger partial charge in [-0.3, -0.25) is 0 Å². The molecule has 1 aliphatic rings. The zero-order chi connectivity index (χ0) is 11.8. The third-order valence-electron chi connectivity index (χ3n) is 2.94. The summed E-state index contributed by atoms with van der Waals surface area (Å²) < 4.78 is 1.73. The fourth-order valence-corrected chi connectivity index (χ4v) is 2.25. The highest BCUT2D eigenvalue weighted by atomic mass is 35.5. The minimum Gasteiger partial charge on any atom is -0.337 e. The van der Waals surface area contributed by atoms with Gasteiger partial charge < -0.3 is 10.2 Å². The molecule has 3 heterocycles. The van der Waals surface area contributed by atoms with Crippen LogP contribution in [-0.2, 0) is 0 Å². The number of aromatic nitrogens is 3. The number of nitrogens with zero attached hydrogens (tertiary/aromatic N) is 4. The van der Waals surface area contributed by atoms with Crippen LogP contribution < -0.4 is 10.2 Å². The Balaban J connectivity index is 1.94. The molecule has 0 saturated carbocycles. The number of halogens is 1. The SMILES string of the molecule is CC1CN(c2nc3ccc(Cl)cn3n2)CCN1. The lowest BCUT2D eigenvalue weighted by atomic mass is 10.2. The van der Waals surface area contributed by atoms with Crippen LogP contribution >= 0.6 is 11.6 Å². The lowest BCUT2D eigenvalue weighted by Crippen LogP contribution is -2.49. The summed E-state index contributed by atoms with van der Waals surface area (Å²) >= 11 is 5.92. The van der Waals surface area contributed by atoms with Crippen molar-refractivity contribution < 1.29 is 0 Å². The number of rotatable bonds is 1. The van der Waals surface area contributed by atoms with Crippen LogP contribution in [0.15, 0.2) is 18.3 Å². The molecular weight excluding hydrogens is 238 g/mol. The summed E-state index contributed by atoms with van der Waals surface area (Å²) in [6.45, 7) is 5.01. The zero-order valence-corrected chi connectivity index (χ0v) is 10.4. The average Bonchev–Trinajstić information content (AvgIpc) is 2.72. The standard InChI is InChI=1S/C11H14ClN5/c1-8-6-16(5-4-13-8)11-14-10-3-2-9(12)7-17(10)15-11/h2-3,7-8,13H,4-6H2,1H3. The first kappa shape index (κ1) is 10.8. The third kappa shape index (κ3) is 2.08. The Morgan fingerprint density at radius 1 is 1.47 bits per heavy atom. The fourth-order valence-electron chi connectivity index (χ4n) is 2.09. The van der Waals surface area contributed by atoms with Gasteiger partial charge in [-0.25, -0.2) is 4.52 Å². The Bertz CT molecular complexity index is 538. The van der Waals surface area contributed by atoms with Crippen LogP contribution in [0.3, 0.4) is 0 Å². The first-order chi connectivity index (χ1) is 8.22. The van der Waals surface area contributed by atoms with E-state index in [0.29, 0.717) is 11.1 Å². The van der Waals surface area contributed by atoms with Gasteiger partial charge in [0.2, 0.25) is 5.95 Å². The molecule has 5 nitrogen and oxygen atoms in total. The number of pyridine rings is 1. The van der Waals surface area contributed by atoms with E-state index in [1.54, 1.807) is 10.7 Å². The van der Waals surface area contributed by atoms with Crippen LogP contribution in [0.4, 0.5) is 5.95 Å². The maximum absolute atomic E-state index is 5.92. The average molecular weight is 252 g/mol. The summed E-state index contributed by atoms with van der Waals surface area (Å²) in [7, 11) is 0. The van der Waals surface area contributed by atoms with E-state index in [0.717, 1.165) is 31.2 Å². The first-order valence-electron chi connectivity index (χ1n) is 5.72. The van der Waals surface area contributed by atoms with Crippen molar-refractivity contribution in [2.75, 3.05) is 24.5 Å². The predicted molar refractivity (Wildman–Crippen MR) is 67.7 cm³/mol. The van der Waals surface area contributed by atoms with Crippen molar-refractivity contribution in [3.8, 4) is 0 Å². The summed E-state index contributed by atoms with van der Waals surface area (Å²) in [6, 6.07) is 4.18. The summed E-state index contributed by atoms with van der Waals surface area (Å²) in [5.41, 5.74) is 0.829. The van der Waals surface area contributed by atoms with Gasteiger partial charge in [-0.05, 0) is 19.1 Å². The molecule has 1 N–H and O–H groups in total. The Hall–Kier alpha value is -1.33. The molecule has 2 aromatic heterocycles. The first-order valence-corrected chi connectivity index (χ1v) is 6.10. The largest absolute Gasteiger partial charge is 0.337 e. The van der Waals surface area contributed by atoms with Crippen molar-refractivity contribution in [3.05, 3.63) is 23.4 Å². The van der Waals surface area contributed by atoms with Crippen LogP contribution in [0.1, 0.15) is 6.92 Å². The van der Waals surface area contributed by atoms with Gasteiger partial charge in [0.05, 0.1) is 5.02 Å². The summed E-state index contributed by atoms with van der Waals surface area (Å²) in [5, 5.41) is 8.52. The number of hydrogen-bond acceptors (Lipinski definition) is 4. The molecule has 0 aromatic carbocycles. The molecule has 2 aromatic rings. The molecule has 0 bridgehead atoms. The number of fused-ring (bicyclic) bond motifs is 1. The highest BCUT2D eigenvalue weighted by Gasteiger charge is 2.19. The molecule has 90 valence electrons. The molecule has 1 atom stereocenters. The minimum atomic E-state index is 0.471. The van der Waals surface area contributed by atoms with E-state index in [2.05, 4.69) is 27.2 Å². The van der Waals surface area contributed by atoms with Gasteiger partial charge in [0.25, 0.3) is 0 Å². The molecule has 17 heavy (non-hydrogen) atoms. The van der Waals surface area contributed by atoms with E-state index in [1.165, 1.54) is 0 Å². The van der Waals surface area contributed by atoms with Gasteiger partial charge in [0, 0.05) is 31.9 Å². The second-order valence-corrected chi connectivity index (χ2v) is 4.80. The second kappa shape index (κ2) is 4.16. The number of nitrogens with one attached hydrogen (secondary N) is 1. The molecule has 1 fully saturated rings. The molecule has 0 amide bonds. The summed E-state index contributed by atoms with van der Waals surface area (Å²) in [5.74, 6) is 0.778. The smallest absolute Gasteiger partial charge is 0.245 e. The minimum absolute atomic E-state index is 0.471. The molecule has 1 unspecified atom stereocenters. The van der Waals surface area contributed by atoms with Gasteiger partial charge in [-0.1, -0.05) is 11.6 Å². The Labute approximate surface area is 104 Å². The zero-order valence-electron chi connectivity index (χ0n) is 9.60. The van der Waals surface area contributed by atoms with Crippen molar-refractivity contribution in [1.82, 2.24) is 19.9 Å². The summed E-state index contributed by atoms with van der Waals surface area (Å²) in [6.07, 6.45) is 1.78. The van der Waals surface area contributed by atoms with Gasteiger partial charge in [-0.15, -0.1) is 5.10 Å². The predicted octanol–water partition coefficient (Wildman–Crippen LogP) is 1.18. The van der Waals surface area contributed by atoms with Crippen LogP contribution in [0.5, 0.6) is 0 Å². The molecule has 0 radical (unpaired) electrons. The normalized spacial score (nSPS) is 21.1. The van der Waals surface area contributed by atoms with E-state index >= 15 is 0 Å². The van der Waals surface area contributed by atoms with Crippen molar-refractivity contribution in [2.24, 2.45) is 0 Å². The van der Waals surface area contributed by atoms with E-state index in [4.69, 9.17) is 11.6 Å². The van der Waals surface area contributed by atoms with E-state index < -0.39 is 0 Å². The lowest BCUT2D eigenvalue weighted by Gasteiger charge is -2.30. The third-order valence-corrected chi connectivity index (χ3v) is 3.16. The maximum atomic E-state index is 5.92. The Kier molecular flexibility index (Phi) is 2.64. The number of anilines is 1. The molecule has 1 aliphatic heterocycles. The monoisotopic (exact) mass is 251 g/mol. The molecule has 3 rings (SSSR count). The van der Waals surface area contributed by atoms with Crippen LogP contribution in [0.2, 0.25) is 5.02 Å². The van der Waals surface area contributed by atoms with E-state index in [1.807, 2.05) is 12.1 Å². The quantitative estimate of drug-likeness (QED) is 0.827. The lowest BCUT2D eigenvalue weighted by molar-refractivity contribution is 0.479. The maximum Gasteiger partial charge on any atom is 0.245 e. The van der Waals surface area contributed by atoms with Crippen molar-refractivity contribution >= 4 is 23.2 Å². The van der Waals surface area contributed by atoms with Crippen LogP contribution in [-0.4, -0.2) is 40.3 Å². The van der Waals surface area contributed by atoms with Crippen LogP contribution in [0, 0.1) is 0 Å². The second-order valence-electron chi connectivity index (χ2n) is 4.36. The molecule has 0 spiro atoms. The van der Waals surface area contributed by atoms with Gasteiger partial charge in [-0.2, -0.15) is 4.98 Å². The van der Waals surface area contributed by atoms with E-state index in [-0.39, 0.29) is 0 Å². The van der Waals surface area contributed by atoms with Crippen molar-refractivity contribution in [1.29, 1.82) is 0 Å².